The lowest BCUT2D eigenvalue weighted by molar-refractivity contribution is 0.950. The first-order valence-corrected chi connectivity index (χ1v) is 7.49. The summed E-state index contributed by atoms with van der Waals surface area (Å²) in [5.74, 6) is 2.00. The standard InChI is InChI=1S/C17H24N4/c1-5-13-8-7-11-18-16(13)19-12-15-10-9-14(6-2)17(20-15)21(3)4/h7-11H,5-6,12H2,1-4H3,(H,18,19). The van der Waals surface area contributed by atoms with Crippen molar-refractivity contribution in [3.05, 3.63) is 47.3 Å². The van der Waals surface area contributed by atoms with Gasteiger partial charge in [0.2, 0.25) is 0 Å². The monoisotopic (exact) mass is 284 g/mol. The van der Waals surface area contributed by atoms with E-state index in [1.165, 1.54) is 11.1 Å². The Balaban J connectivity index is 2.15. The summed E-state index contributed by atoms with van der Waals surface area (Å²) < 4.78 is 0. The highest BCUT2D eigenvalue weighted by atomic mass is 15.1. The predicted octanol–water partition coefficient (Wildman–Crippen LogP) is 3.28. The molecule has 2 heterocycles. The van der Waals surface area contributed by atoms with Crippen LogP contribution in [0.1, 0.15) is 30.7 Å². The summed E-state index contributed by atoms with van der Waals surface area (Å²) in [6.07, 6.45) is 3.79. The molecule has 0 amide bonds. The van der Waals surface area contributed by atoms with Gasteiger partial charge in [-0.2, -0.15) is 0 Å². The molecule has 0 saturated heterocycles. The summed E-state index contributed by atoms with van der Waals surface area (Å²) in [5.41, 5.74) is 3.54. The Hall–Kier alpha value is -2.10. The third-order valence-corrected chi connectivity index (χ3v) is 3.53. The van der Waals surface area contributed by atoms with Gasteiger partial charge in [0, 0.05) is 20.3 Å². The average molecular weight is 284 g/mol. The van der Waals surface area contributed by atoms with Gasteiger partial charge in [0.05, 0.1) is 12.2 Å². The molecule has 0 aliphatic heterocycles. The van der Waals surface area contributed by atoms with E-state index in [2.05, 4.69) is 47.2 Å². The van der Waals surface area contributed by atoms with Gasteiger partial charge in [-0.05, 0) is 36.1 Å². The van der Waals surface area contributed by atoms with E-state index < -0.39 is 0 Å². The van der Waals surface area contributed by atoms with Crippen LogP contribution < -0.4 is 10.2 Å². The molecule has 0 bridgehead atoms. The van der Waals surface area contributed by atoms with Gasteiger partial charge in [0.1, 0.15) is 11.6 Å². The average Bonchev–Trinajstić information content (AvgIpc) is 2.52. The third-order valence-electron chi connectivity index (χ3n) is 3.53. The molecule has 0 unspecified atom stereocenters. The number of rotatable bonds is 6. The predicted molar refractivity (Wildman–Crippen MR) is 88.9 cm³/mol. The van der Waals surface area contributed by atoms with Crippen LogP contribution in [0.15, 0.2) is 30.5 Å². The Morgan fingerprint density at radius 2 is 1.81 bits per heavy atom. The van der Waals surface area contributed by atoms with Gasteiger partial charge < -0.3 is 10.2 Å². The molecule has 0 aromatic carbocycles. The van der Waals surface area contributed by atoms with Crippen LogP contribution in [0.4, 0.5) is 11.6 Å². The highest BCUT2D eigenvalue weighted by Crippen LogP contribution is 2.18. The normalized spacial score (nSPS) is 10.5. The number of pyridine rings is 2. The smallest absolute Gasteiger partial charge is 0.131 e. The van der Waals surface area contributed by atoms with Crippen LogP contribution in [-0.2, 0) is 19.4 Å². The van der Waals surface area contributed by atoms with Gasteiger partial charge >= 0.3 is 0 Å². The van der Waals surface area contributed by atoms with Gasteiger partial charge in [-0.25, -0.2) is 9.97 Å². The summed E-state index contributed by atoms with van der Waals surface area (Å²) in [5, 5.41) is 3.39. The van der Waals surface area contributed by atoms with Gasteiger partial charge in [-0.1, -0.05) is 26.0 Å². The molecular formula is C17H24N4. The fraction of sp³-hybridized carbons (Fsp3) is 0.412. The van der Waals surface area contributed by atoms with Crippen molar-refractivity contribution in [2.75, 3.05) is 24.3 Å². The summed E-state index contributed by atoms with van der Waals surface area (Å²) in [7, 11) is 4.07. The molecule has 1 N–H and O–H groups in total. The molecular weight excluding hydrogens is 260 g/mol. The van der Waals surface area contributed by atoms with E-state index in [1.807, 2.05) is 26.4 Å². The molecule has 2 aromatic rings. The van der Waals surface area contributed by atoms with Crippen LogP contribution in [0.2, 0.25) is 0 Å². The number of aromatic nitrogens is 2. The van der Waals surface area contributed by atoms with Crippen molar-refractivity contribution in [3.63, 3.8) is 0 Å². The summed E-state index contributed by atoms with van der Waals surface area (Å²) in [6.45, 7) is 4.98. The maximum absolute atomic E-state index is 4.75. The number of nitrogens with one attached hydrogen (secondary N) is 1. The Kier molecular flexibility index (Phi) is 5.14. The Bertz CT molecular complexity index is 593. The van der Waals surface area contributed by atoms with Crippen molar-refractivity contribution < 1.29 is 0 Å². The number of aryl methyl sites for hydroxylation is 2. The lowest BCUT2D eigenvalue weighted by Gasteiger charge is -2.17. The topological polar surface area (TPSA) is 41.1 Å². The molecule has 0 saturated carbocycles. The van der Waals surface area contributed by atoms with E-state index in [1.54, 1.807) is 0 Å². The van der Waals surface area contributed by atoms with Crippen LogP contribution in [-0.4, -0.2) is 24.1 Å². The highest BCUT2D eigenvalue weighted by molar-refractivity contribution is 5.48. The van der Waals surface area contributed by atoms with E-state index in [0.717, 1.165) is 30.2 Å². The first-order valence-electron chi connectivity index (χ1n) is 7.49. The quantitative estimate of drug-likeness (QED) is 0.884. The molecule has 0 aliphatic carbocycles. The minimum absolute atomic E-state index is 0.689. The second kappa shape index (κ2) is 7.07. The molecule has 0 radical (unpaired) electrons. The van der Waals surface area contributed by atoms with Crippen molar-refractivity contribution in [1.29, 1.82) is 0 Å². The first kappa shape index (κ1) is 15.3. The van der Waals surface area contributed by atoms with E-state index >= 15 is 0 Å². The van der Waals surface area contributed by atoms with Gasteiger partial charge in [0.15, 0.2) is 0 Å². The molecule has 0 atom stereocenters. The lowest BCUT2D eigenvalue weighted by Crippen LogP contribution is -2.15. The fourth-order valence-corrected chi connectivity index (χ4v) is 2.34. The maximum Gasteiger partial charge on any atom is 0.131 e. The second-order valence-electron chi connectivity index (χ2n) is 5.25. The van der Waals surface area contributed by atoms with Crippen LogP contribution in [0.25, 0.3) is 0 Å². The number of hydrogen-bond donors (Lipinski definition) is 1. The highest BCUT2D eigenvalue weighted by Gasteiger charge is 2.07. The summed E-state index contributed by atoms with van der Waals surface area (Å²) >= 11 is 0. The molecule has 2 aromatic heterocycles. The van der Waals surface area contributed by atoms with E-state index in [-0.39, 0.29) is 0 Å². The largest absolute Gasteiger partial charge is 0.364 e. The van der Waals surface area contributed by atoms with Gasteiger partial charge in [-0.15, -0.1) is 0 Å². The van der Waals surface area contributed by atoms with Crippen molar-refractivity contribution in [2.24, 2.45) is 0 Å². The van der Waals surface area contributed by atoms with Crippen LogP contribution in [0, 0.1) is 0 Å². The van der Waals surface area contributed by atoms with E-state index in [9.17, 15) is 0 Å². The third kappa shape index (κ3) is 3.72. The number of anilines is 2. The van der Waals surface area contributed by atoms with E-state index in [4.69, 9.17) is 4.98 Å². The minimum atomic E-state index is 0.689. The molecule has 0 fully saturated rings. The lowest BCUT2D eigenvalue weighted by atomic mass is 10.1. The van der Waals surface area contributed by atoms with Crippen LogP contribution in [0.5, 0.6) is 0 Å². The molecule has 4 nitrogen and oxygen atoms in total. The van der Waals surface area contributed by atoms with Crippen LogP contribution >= 0.6 is 0 Å². The van der Waals surface area contributed by atoms with Crippen molar-refractivity contribution in [2.45, 2.75) is 33.2 Å². The molecule has 0 spiro atoms. The Labute approximate surface area is 127 Å². The molecule has 0 aliphatic rings. The summed E-state index contributed by atoms with van der Waals surface area (Å²) in [4.78, 5) is 11.2. The SMILES string of the molecule is CCc1cccnc1NCc1ccc(CC)c(N(C)C)n1. The zero-order valence-corrected chi connectivity index (χ0v) is 13.3. The Morgan fingerprint density at radius 3 is 2.48 bits per heavy atom. The van der Waals surface area contributed by atoms with Crippen molar-refractivity contribution in [1.82, 2.24) is 9.97 Å². The molecule has 21 heavy (non-hydrogen) atoms. The minimum Gasteiger partial charge on any atom is -0.364 e. The summed E-state index contributed by atoms with van der Waals surface area (Å²) in [6, 6.07) is 8.34. The van der Waals surface area contributed by atoms with Crippen molar-refractivity contribution >= 4 is 11.6 Å². The number of hydrogen-bond acceptors (Lipinski definition) is 4. The second-order valence-corrected chi connectivity index (χ2v) is 5.25. The van der Waals surface area contributed by atoms with Crippen LogP contribution in [0.3, 0.4) is 0 Å². The zero-order chi connectivity index (χ0) is 15.2. The Morgan fingerprint density at radius 1 is 1.05 bits per heavy atom. The fourth-order valence-electron chi connectivity index (χ4n) is 2.34. The first-order chi connectivity index (χ1) is 10.2. The molecule has 2 rings (SSSR count). The van der Waals surface area contributed by atoms with Gasteiger partial charge in [0.25, 0.3) is 0 Å². The van der Waals surface area contributed by atoms with E-state index in [0.29, 0.717) is 6.54 Å². The van der Waals surface area contributed by atoms with Crippen molar-refractivity contribution in [3.8, 4) is 0 Å². The zero-order valence-electron chi connectivity index (χ0n) is 13.3. The maximum atomic E-state index is 4.75. The van der Waals surface area contributed by atoms with Gasteiger partial charge in [-0.3, -0.25) is 0 Å². The number of nitrogens with zero attached hydrogens (tertiary/aromatic N) is 3. The molecule has 112 valence electrons. The molecule has 4 heteroatoms.